The van der Waals surface area contributed by atoms with E-state index in [0.29, 0.717) is 0 Å². The Morgan fingerprint density at radius 2 is 1.75 bits per heavy atom. The second-order valence-corrected chi connectivity index (χ2v) is 6.72. The zero-order chi connectivity index (χ0) is 14.6. The molecule has 1 fully saturated rings. The summed E-state index contributed by atoms with van der Waals surface area (Å²) < 4.78 is 6.12. The van der Waals surface area contributed by atoms with Gasteiger partial charge < -0.3 is 10.5 Å². The second kappa shape index (κ2) is 6.62. The molecule has 20 heavy (non-hydrogen) atoms. The van der Waals surface area contributed by atoms with E-state index >= 15 is 0 Å². The van der Waals surface area contributed by atoms with Gasteiger partial charge in [0.05, 0.1) is 0 Å². The van der Waals surface area contributed by atoms with Gasteiger partial charge in [-0.1, -0.05) is 45.7 Å². The number of rotatable bonds is 4. The normalized spacial score (nSPS) is 24.2. The Kier molecular flexibility index (Phi) is 5.09. The highest BCUT2D eigenvalue weighted by Gasteiger charge is 2.22. The van der Waals surface area contributed by atoms with Crippen molar-refractivity contribution in [1.82, 2.24) is 0 Å². The minimum atomic E-state index is 0.183. The first-order valence-corrected chi connectivity index (χ1v) is 8.06. The molecule has 2 atom stereocenters. The van der Waals surface area contributed by atoms with Crippen LogP contribution in [-0.2, 0) is 5.41 Å². The lowest BCUT2D eigenvalue weighted by Crippen LogP contribution is -2.37. The predicted molar refractivity (Wildman–Crippen MR) is 85.2 cm³/mol. The van der Waals surface area contributed by atoms with Gasteiger partial charge in [0.15, 0.2) is 0 Å². The van der Waals surface area contributed by atoms with Crippen molar-refractivity contribution in [1.29, 1.82) is 0 Å². The largest absolute Gasteiger partial charge is 0.489 e. The fraction of sp³-hybridized carbons (Fsp3) is 0.667. The van der Waals surface area contributed by atoms with Crippen LogP contribution in [0.4, 0.5) is 0 Å². The summed E-state index contributed by atoms with van der Waals surface area (Å²) in [6.45, 7) is 6.79. The van der Waals surface area contributed by atoms with Crippen LogP contribution < -0.4 is 10.5 Å². The van der Waals surface area contributed by atoms with Crippen LogP contribution in [0.1, 0.15) is 64.9 Å². The van der Waals surface area contributed by atoms with Gasteiger partial charge in [-0.05, 0) is 48.8 Å². The number of benzene rings is 1. The molecule has 1 aliphatic rings. The molecular weight excluding hydrogens is 246 g/mol. The molecule has 0 amide bonds. The van der Waals surface area contributed by atoms with Crippen LogP contribution in [0.5, 0.6) is 5.75 Å². The maximum atomic E-state index is 6.22. The Morgan fingerprint density at radius 3 is 2.40 bits per heavy atom. The summed E-state index contributed by atoms with van der Waals surface area (Å²) in [6.07, 6.45) is 7.26. The first-order chi connectivity index (χ1) is 9.53. The molecule has 1 aliphatic carbocycles. The van der Waals surface area contributed by atoms with E-state index in [0.717, 1.165) is 25.0 Å². The van der Waals surface area contributed by atoms with Gasteiger partial charge in [0.25, 0.3) is 0 Å². The molecule has 2 unspecified atom stereocenters. The van der Waals surface area contributed by atoms with Crippen molar-refractivity contribution in [2.45, 2.75) is 76.9 Å². The predicted octanol–water partition coefficient (Wildman–Crippen LogP) is 4.41. The number of hydrogen-bond donors (Lipinski definition) is 1. The highest BCUT2D eigenvalue weighted by atomic mass is 16.5. The third-order valence-corrected chi connectivity index (χ3v) is 4.81. The Balaban J connectivity index is 2.03. The van der Waals surface area contributed by atoms with E-state index in [-0.39, 0.29) is 17.6 Å². The van der Waals surface area contributed by atoms with Gasteiger partial charge in [0.1, 0.15) is 11.9 Å². The van der Waals surface area contributed by atoms with Crippen molar-refractivity contribution >= 4 is 0 Å². The lowest BCUT2D eigenvalue weighted by atomic mass is 9.82. The van der Waals surface area contributed by atoms with Crippen LogP contribution in [0.3, 0.4) is 0 Å². The molecule has 1 aromatic rings. The van der Waals surface area contributed by atoms with Crippen LogP contribution in [0.2, 0.25) is 0 Å². The first kappa shape index (κ1) is 15.4. The van der Waals surface area contributed by atoms with Gasteiger partial charge in [0.2, 0.25) is 0 Å². The van der Waals surface area contributed by atoms with Gasteiger partial charge >= 0.3 is 0 Å². The maximum absolute atomic E-state index is 6.22. The zero-order valence-corrected chi connectivity index (χ0v) is 13.2. The molecule has 0 spiro atoms. The summed E-state index contributed by atoms with van der Waals surface area (Å²) in [5.74, 6) is 0.961. The van der Waals surface area contributed by atoms with Gasteiger partial charge in [-0.15, -0.1) is 0 Å². The van der Waals surface area contributed by atoms with E-state index in [1.54, 1.807) is 0 Å². The second-order valence-electron chi connectivity index (χ2n) is 6.72. The molecule has 2 rings (SSSR count). The molecule has 0 saturated heterocycles. The lowest BCUT2D eigenvalue weighted by molar-refractivity contribution is 0.162. The van der Waals surface area contributed by atoms with Crippen LogP contribution in [0.15, 0.2) is 24.3 Å². The smallest absolute Gasteiger partial charge is 0.119 e. The van der Waals surface area contributed by atoms with Crippen LogP contribution in [0, 0.1) is 0 Å². The number of nitrogens with two attached hydrogens (primary N) is 1. The average Bonchev–Trinajstić information content (AvgIpc) is 2.65. The van der Waals surface area contributed by atoms with Crippen LogP contribution in [0.25, 0.3) is 0 Å². The van der Waals surface area contributed by atoms with E-state index in [2.05, 4.69) is 45.0 Å². The van der Waals surface area contributed by atoms with Gasteiger partial charge in [0, 0.05) is 6.04 Å². The van der Waals surface area contributed by atoms with E-state index in [9.17, 15) is 0 Å². The van der Waals surface area contributed by atoms with Crippen molar-refractivity contribution in [3.63, 3.8) is 0 Å². The molecule has 1 aromatic carbocycles. The fourth-order valence-corrected chi connectivity index (χ4v) is 2.81. The summed E-state index contributed by atoms with van der Waals surface area (Å²) in [6, 6.07) is 8.78. The maximum Gasteiger partial charge on any atom is 0.119 e. The minimum absolute atomic E-state index is 0.183. The standard InChI is InChI=1S/C18H29NO/c1-4-18(2,3)14-10-12-15(13-11-14)20-17-9-7-5-6-8-16(17)19/h10-13,16-17H,4-9,19H2,1-3H3. The van der Waals surface area contributed by atoms with Crippen LogP contribution in [-0.4, -0.2) is 12.1 Å². The average molecular weight is 275 g/mol. The minimum Gasteiger partial charge on any atom is -0.489 e. The number of hydrogen-bond acceptors (Lipinski definition) is 2. The summed E-state index contributed by atoms with van der Waals surface area (Å²) >= 11 is 0. The molecule has 2 nitrogen and oxygen atoms in total. The Labute approximate surface area is 123 Å². The van der Waals surface area contributed by atoms with E-state index in [1.807, 2.05) is 0 Å². The molecule has 0 bridgehead atoms. The van der Waals surface area contributed by atoms with Gasteiger partial charge in [-0.25, -0.2) is 0 Å². The van der Waals surface area contributed by atoms with Crippen molar-refractivity contribution in [3.8, 4) is 5.75 Å². The monoisotopic (exact) mass is 275 g/mol. The van der Waals surface area contributed by atoms with E-state index in [4.69, 9.17) is 10.5 Å². The Morgan fingerprint density at radius 1 is 1.10 bits per heavy atom. The molecule has 0 aliphatic heterocycles. The Hall–Kier alpha value is -1.02. The van der Waals surface area contributed by atoms with E-state index < -0.39 is 0 Å². The summed E-state index contributed by atoms with van der Waals surface area (Å²) in [5, 5.41) is 0. The molecule has 2 N–H and O–H groups in total. The molecule has 0 radical (unpaired) electrons. The third-order valence-electron chi connectivity index (χ3n) is 4.81. The number of ether oxygens (including phenoxy) is 1. The van der Waals surface area contributed by atoms with Crippen molar-refractivity contribution in [2.75, 3.05) is 0 Å². The topological polar surface area (TPSA) is 35.2 Å². The quantitative estimate of drug-likeness (QED) is 0.826. The summed E-state index contributed by atoms with van der Waals surface area (Å²) in [7, 11) is 0. The molecule has 0 heterocycles. The van der Waals surface area contributed by atoms with Crippen molar-refractivity contribution < 1.29 is 4.74 Å². The highest BCUT2D eigenvalue weighted by molar-refractivity contribution is 5.31. The highest BCUT2D eigenvalue weighted by Crippen LogP contribution is 2.29. The fourth-order valence-electron chi connectivity index (χ4n) is 2.81. The van der Waals surface area contributed by atoms with E-state index in [1.165, 1.54) is 24.8 Å². The molecule has 1 saturated carbocycles. The summed E-state index contributed by atoms with van der Waals surface area (Å²) in [4.78, 5) is 0. The van der Waals surface area contributed by atoms with Crippen molar-refractivity contribution in [3.05, 3.63) is 29.8 Å². The molecular formula is C18H29NO. The Bertz CT molecular complexity index is 410. The lowest BCUT2D eigenvalue weighted by Gasteiger charge is -2.25. The summed E-state index contributed by atoms with van der Waals surface area (Å²) in [5.41, 5.74) is 7.83. The van der Waals surface area contributed by atoms with Gasteiger partial charge in [-0.2, -0.15) is 0 Å². The zero-order valence-electron chi connectivity index (χ0n) is 13.2. The van der Waals surface area contributed by atoms with Crippen LogP contribution >= 0.6 is 0 Å². The van der Waals surface area contributed by atoms with Gasteiger partial charge in [-0.3, -0.25) is 0 Å². The SMILES string of the molecule is CCC(C)(C)c1ccc(OC2CCCCCC2N)cc1. The first-order valence-electron chi connectivity index (χ1n) is 8.06. The molecule has 2 heteroatoms. The third kappa shape index (κ3) is 3.76. The molecule has 112 valence electrons. The van der Waals surface area contributed by atoms with Crippen molar-refractivity contribution in [2.24, 2.45) is 5.73 Å². The molecule has 0 aromatic heterocycles.